The lowest BCUT2D eigenvalue weighted by Crippen LogP contribution is -2.26. The molecule has 1 fully saturated rings. The Morgan fingerprint density at radius 3 is 2.38 bits per heavy atom. The zero-order chi connectivity index (χ0) is 11.9. The van der Waals surface area contributed by atoms with Crippen LogP contribution < -0.4 is 4.90 Å². The highest BCUT2D eigenvalue weighted by Crippen LogP contribution is 2.32. The van der Waals surface area contributed by atoms with Crippen molar-refractivity contribution in [1.82, 2.24) is 0 Å². The molecule has 0 bridgehead atoms. The summed E-state index contributed by atoms with van der Waals surface area (Å²) < 4.78 is 1.06. The van der Waals surface area contributed by atoms with E-state index in [1.54, 1.807) is 0 Å². The second-order valence-corrected chi connectivity index (χ2v) is 5.90. The fourth-order valence-electron chi connectivity index (χ4n) is 2.23. The van der Waals surface area contributed by atoms with Gasteiger partial charge in [0.1, 0.15) is 0 Å². The predicted octanol–water partition coefficient (Wildman–Crippen LogP) is 3.10. The van der Waals surface area contributed by atoms with Gasteiger partial charge >= 0.3 is 0 Å². The fourth-order valence-corrected chi connectivity index (χ4v) is 3.24. The predicted molar refractivity (Wildman–Crippen MR) is 73.4 cm³/mol. The number of carbonyl (C=O) groups excluding carboxylic acids is 1. The number of benzene rings is 1. The van der Waals surface area contributed by atoms with Crippen LogP contribution in [0.15, 0.2) is 16.6 Å². The Bertz CT molecular complexity index is 424. The fraction of sp³-hybridized carbons (Fsp3) is 0.417. The van der Waals surface area contributed by atoms with Gasteiger partial charge in [-0.15, -0.1) is 0 Å². The van der Waals surface area contributed by atoms with Crippen molar-refractivity contribution < 1.29 is 4.79 Å². The Kier molecular flexibility index (Phi) is 3.31. The maximum atomic E-state index is 11.8. The molecule has 1 heterocycles. The van der Waals surface area contributed by atoms with Gasteiger partial charge in [-0.05, 0) is 37.1 Å². The average Bonchev–Trinajstić information content (AvgIpc) is 2.43. The van der Waals surface area contributed by atoms with Gasteiger partial charge in [0.15, 0.2) is 0 Å². The molecular weight excluding hydrogens is 286 g/mol. The summed E-state index contributed by atoms with van der Waals surface area (Å²) in [7, 11) is 0. The molecule has 16 heavy (non-hydrogen) atoms. The van der Waals surface area contributed by atoms with Crippen molar-refractivity contribution in [2.75, 3.05) is 11.4 Å². The van der Waals surface area contributed by atoms with E-state index in [9.17, 15) is 4.79 Å². The van der Waals surface area contributed by atoms with Gasteiger partial charge in [-0.3, -0.25) is 4.79 Å². The van der Waals surface area contributed by atoms with Crippen LogP contribution in [0.4, 0.5) is 5.69 Å². The first kappa shape index (κ1) is 12.0. The molecule has 1 aliphatic rings. The highest BCUT2D eigenvalue weighted by molar-refractivity contribution is 9.10. The van der Waals surface area contributed by atoms with Gasteiger partial charge in [-0.1, -0.05) is 15.9 Å². The topological polar surface area (TPSA) is 20.3 Å². The van der Waals surface area contributed by atoms with Gasteiger partial charge in [0.05, 0.1) is 0 Å². The summed E-state index contributed by atoms with van der Waals surface area (Å²) >= 11 is 7.84. The van der Waals surface area contributed by atoms with Crippen molar-refractivity contribution in [3.05, 3.63) is 27.7 Å². The number of hydrogen-bond acceptors (Lipinski definition) is 2. The van der Waals surface area contributed by atoms with Gasteiger partial charge in [0.2, 0.25) is 5.91 Å². The molecule has 0 aromatic heterocycles. The summed E-state index contributed by atoms with van der Waals surface area (Å²) in [4.78, 5) is 13.7. The number of aryl methyl sites for hydroxylation is 2. The van der Waals surface area contributed by atoms with Crippen LogP contribution in [-0.4, -0.2) is 17.7 Å². The molecule has 2 rings (SSSR count). The van der Waals surface area contributed by atoms with Gasteiger partial charge < -0.3 is 4.90 Å². The molecule has 1 aliphatic heterocycles. The SMILES string of the molecule is Cc1cc(Br)cc(C)c1N1CC(S)CC1=O. The van der Waals surface area contributed by atoms with E-state index in [-0.39, 0.29) is 11.2 Å². The first-order valence-corrected chi connectivity index (χ1v) is 6.55. The molecule has 1 saturated heterocycles. The third kappa shape index (κ3) is 2.13. The van der Waals surface area contributed by atoms with E-state index in [4.69, 9.17) is 0 Å². The molecular formula is C12H14BrNOS. The molecule has 1 amide bonds. The highest BCUT2D eigenvalue weighted by Gasteiger charge is 2.30. The minimum Gasteiger partial charge on any atom is -0.311 e. The van der Waals surface area contributed by atoms with Crippen molar-refractivity contribution in [2.45, 2.75) is 25.5 Å². The van der Waals surface area contributed by atoms with Crippen molar-refractivity contribution >= 4 is 40.2 Å². The molecule has 0 saturated carbocycles. The molecule has 1 atom stereocenters. The molecule has 86 valence electrons. The van der Waals surface area contributed by atoms with Crippen molar-refractivity contribution in [1.29, 1.82) is 0 Å². The molecule has 4 heteroatoms. The van der Waals surface area contributed by atoms with Gasteiger partial charge in [0.25, 0.3) is 0 Å². The van der Waals surface area contributed by atoms with Crippen LogP contribution in [0.2, 0.25) is 0 Å². The number of thiol groups is 1. The van der Waals surface area contributed by atoms with Crippen LogP contribution in [0.1, 0.15) is 17.5 Å². The van der Waals surface area contributed by atoms with E-state index < -0.39 is 0 Å². The number of hydrogen-bond donors (Lipinski definition) is 1. The van der Waals surface area contributed by atoms with E-state index >= 15 is 0 Å². The first-order chi connectivity index (χ1) is 7.49. The maximum Gasteiger partial charge on any atom is 0.228 e. The first-order valence-electron chi connectivity index (χ1n) is 5.24. The molecule has 0 aliphatic carbocycles. The van der Waals surface area contributed by atoms with E-state index in [1.165, 1.54) is 0 Å². The summed E-state index contributed by atoms with van der Waals surface area (Å²) in [6, 6.07) is 4.09. The largest absolute Gasteiger partial charge is 0.311 e. The van der Waals surface area contributed by atoms with Crippen LogP contribution in [0, 0.1) is 13.8 Å². The summed E-state index contributed by atoms with van der Waals surface area (Å²) in [5.74, 6) is 0.175. The standard InChI is InChI=1S/C12H14BrNOS/c1-7-3-9(13)4-8(2)12(7)14-6-10(16)5-11(14)15/h3-4,10,16H,5-6H2,1-2H3. The normalized spacial score (nSPS) is 20.6. The number of amides is 1. The van der Waals surface area contributed by atoms with Gasteiger partial charge in [-0.25, -0.2) is 0 Å². The minimum atomic E-state index is 0.162. The molecule has 1 aromatic rings. The third-order valence-corrected chi connectivity index (χ3v) is 3.63. The number of carbonyl (C=O) groups is 1. The highest BCUT2D eigenvalue weighted by atomic mass is 79.9. The van der Waals surface area contributed by atoms with Crippen LogP contribution in [-0.2, 0) is 4.79 Å². The second-order valence-electron chi connectivity index (χ2n) is 4.25. The lowest BCUT2D eigenvalue weighted by molar-refractivity contribution is -0.117. The van der Waals surface area contributed by atoms with E-state index in [1.807, 2.05) is 30.9 Å². The maximum absolute atomic E-state index is 11.8. The Hall–Kier alpha value is -0.480. The Labute approximate surface area is 110 Å². The van der Waals surface area contributed by atoms with Gasteiger partial charge in [-0.2, -0.15) is 12.6 Å². The van der Waals surface area contributed by atoms with Crippen LogP contribution in [0.5, 0.6) is 0 Å². The number of halogens is 1. The third-order valence-electron chi connectivity index (χ3n) is 2.83. The van der Waals surface area contributed by atoms with E-state index in [0.717, 1.165) is 21.3 Å². The van der Waals surface area contributed by atoms with E-state index in [0.29, 0.717) is 13.0 Å². The average molecular weight is 300 g/mol. The summed E-state index contributed by atoms with van der Waals surface area (Å²) in [6.07, 6.45) is 0.540. The molecule has 0 spiro atoms. The number of nitrogens with zero attached hydrogens (tertiary/aromatic N) is 1. The quantitative estimate of drug-likeness (QED) is 0.790. The number of rotatable bonds is 1. The zero-order valence-corrected chi connectivity index (χ0v) is 11.8. The monoisotopic (exact) mass is 299 g/mol. The van der Waals surface area contributed by atoms with Crippen molar-refractivity contribution in [2.24, 2.45) is 0 Å². The van der Waals surface area contributed by atoms with E-state index in [2.05, 4.69) is 28.6 Å². The van der Waals surface area contributed by atoms with Gasteiger partial charge in [0, 0.05) is 28.4 Å². The van der Waals surface area contributed by atoms with Crippen LogP contribution in [0.25, 0.3) is 0 Å². The molecule has 0 radical (unpaired) electrons. The number of anilines is 1. The molecule has 1 aromatic carbocycles. The second kappa shape index (κ2) is 4.41. The smallest absolute Gasteiger partial charge is 0.228 e. The summed E-state index contributed by atoms with van der Waals surface area (Å²) in [5, 5.41) is 0.162. The van der Waals surface area contributed by atoms with Crippen molar-refractivity contribution in [3.8, 4) is 0 Å². The Morgan fingerprint density at radius 1 is 1.38 bits per heavy atom. The zero-order valence-electron chi connectivity index (χ0n) is 9.33. The minimum absolute atomic E-state index is 0.162. The summed E-state index contributed by atoms with van der Waals surface area (Å²) in [5.41, 5.74) is 3.30. The van der Waals surface area contributed by atoms with Crippen LogP contribution in [0.3, 0.4) is 0 Å². The molecule has 1 unspecified atom stereocenters. The lowest BCUT2D eigenvalue weighted by atomic mass is 10.1. The van der Waals surface area contributed by atoms with Crippen LogP contribution >= 0.6 is 28.6 Å². The molecule has 0 N–H and O–H groups in total. The molecule has 2 nitrogen and oxygen atoms in total. The summed E-state index contributed by atoms with van der Waals surface area (Å²) in [6.45, 7) is 4.78. The van der Waals surface area contributed by atoms with Crippen molar-refractivity contribution in [3.63, 3.8) is 0 Å². The lowest BCUT2D eigenvalue weighted by Gasteiger charge is -2.21. The Balaban J connectivity index is 2.44. The Morgan fingerprint density at radius 2 is 1.94 bits per heavy atom.